The van der Waals surface area contributed by atoms with E-state index in [0.29, 0.717) is 0 Å². The lowest BCUT2D eigenvalue weighted by molar-refractivity contribution is -0.0367. The molecular formula is C17H28N2. The summed E-state index contributed by atoms with van der Waals surface area (Å²) < 4.78 is 0. The van der Waals surface area contributed by atoms with Crippen LogP contribution in [0.4, 0.5) is 0 Å². The molecule has 0 spiro atoms. The van der Waals surface area contributed by atoms with Gasteiger partial charge in [0.25, 0.3) is 0 Å². The van der Waals surface area contributed by atoms with Crippen molar-refractivity contribution < 1.29 is 0 Å². The molecule has 0 radical (unpaired) electrons. The van der Waals surface area contributed by atoms with Crippen molar-refractivity contribution in [1.82, 2.24) is 5.32 Å². The van der Waals surface area contributed by atoms with Gasteiger partial charge in [-0.1, -0.05) is 20.8 Å². The molecule has 4 rings (SSSR count). The van der Waals surface area contributed by atoms with Gasteiger partial charge in [0.05, 0.1) is 6.07 Å². The Labute approximate surface area is 118 Å². The zero-order chi connectivity index (χ0) is 13.6. The van der Waals surface area contributed by atoms with Crippen LogP contribution in [0.25, 0.3) is 0 Å². The fraction of sp³-hybridized carbons (Fsp3) is 0.941. The second kappa shape index (κ2) is 4.77. The molecule has 4 fully saturated rings. The van der Waals surface area contributed by atoms with Gasteiger partial charge >= 0.3 is 0 Å². The fourth-order valence-corrected chi connectivity index (χ4v) is 5.17. The van der Waals surface area contributed by atoms with E-state index in [1.165, 1.54) is 32.1 Å². The van der Waals surface area contributed by atoms with Gasteiger partial charge < -0.3 is 5.32 Å². The molecule has 2 heteroatoms. The Morgan fingerprint density at radius 3 is 2.00 bits per heavy atom. The molecule has 0 aromatic carbocycles. The van der Waals surface area contributed by atoms with Crippen LogP contribution in [0.2, 0.25) is 0 Å². The predicted molar refractivity (Wildman–Crippen MR) is 77.4 cm³/mol. The van der Waals surface area contributed by atoms with Crippen molar-refractivity contribution in [2.75, 3.05) is 6.54 Å². The fourth-order valence-electron chi connectivity index (χ4n) is 5.17. The van der Waals surface area contributed by atoms with E-state index in [1.807, 2.05) is 0 Å². The van der Waals surface area contributed by atoms with E-state index in [4.69, 9.17) is 0 Å². The van der Waals surface area contributed by atoms with Crippen LogP contribution in [0.3, 0.4) is 0 Å². The second-order valence-electron chi connectivity index (χ2n) is 8.43. The molecule has 1 atom stereocenters. The number of hydrogen-bond acceptors (Lipinski definition) is 2. The van der Waals surface area contributed by atoms with Gasteiger partial charge in [0.1, 0.15) is 6.04 Å². The second-order valence-corrected chi connectivity index (χ2v) is 8.43. The molecule has 4 saturated carbocycles. The molecule has 0 amide bonds. The summed E-state index contributed by atoms with van der Waals surface area (Å²) in [5, 5.41) is 12.9. The summed E-state index contributed by atoms with van der Waals surface area (Å²) in [4.78, 5) is 0. The number of nitrogens with zero attached hydrogens (tertiary/aromatic N) is 1. The van der Waals surface area contributed by atoms with Crippen molar-refractivity contribution in [1.29, 1.82) is 5.26 Å². The third-order valence-electron chi connectivity index (χ3n) is 5.97. The van der Waals surface area contributed by atoms with E-state index in [9.17, 15) is 5.26 Å². The van der Waals surface area contributed by atoms with E-state index < -0.39 is 0 Å². The highest BCUT2D eigenvalue weighted by molar-refractivity contribution is 5.02. The third-order valence-corrected chi connectivity index (χ3v) is 5.97. The molecule has 0 aromatic heterocycles. The smallest absolute Gasteiger partial charge is 0.100 e. The topological polar surface area (TPSA) is 35.8 Å². The van der Waals surface area contributed by atoms with E-state index in [2.05, 4.69) is 32.2 Å². The number of nitrogens with one attached hydrogen (secondary N) is 1. The Balaban J connectivity index is 1.60. The van der Waals surface area contributed by atoms with Gasteiger partial charge in [-0.25, -0.2) is 0 Å². The Kier molecular flexibility index (Phi) is 3.38. The van der Waals surface area contributed by atoms with Gasteiger partial charge in [-0.2, -0.15) is 5.26 Å². The summed E-state index contributed by atoms with van der Waals surface area (Å²) in [6, 6.07) is 2.44. The first kappa shape index (κ1) is 13.4. The number of rotatable bonds is 3. The van der Waals surface area contributed by atoms with Crippen LogP contribution < -0.4 is 5.32 Å². The Morgan fingerprint density at radius 2 is 1.58 bits per heavy atom. The average molecular weight is 260 g/mol. The van der Waals surface area contributed by atoms with E-state index in [0.717, 1.165) is 36.1 Å². The lowest BCUT2D eigenvalue weighted by Gasteiger charge is -2.54. The Morgan fingerprint density at radius 1 is 1.05 bits per heavy atom. The van der Waals surface area contributed by atoms with Gasteiger partial charge in [0.2, 0.25) is 0 Å². The van der Waals surface area contributed by atoms with Crippen molar-refractivity contribution in [3.05, 3.63) is 0 Å². The summed E-state index contributed by atoms with van der Waals surface area (Å²) in [5.41, 5.74) is 0.0423. The van der Waals surface area contributed by atoms with Crippen molar-refractivity contribution in [2.24, 2.45) is 35.0 Å². The normalized spacial score (nSPS) is 42.1. The van der Waals surface area contributed by atoms with Crippen LogP contribution in [-0.4, -0.2) is 12.6 Å². The lowest BCUT2D eigenvalue weighted by atomic mass is 9.52. The van der Waals surface area contributed by atoms with E-state index in [-0.39, 0.29) is 11.5 Å². The average Bonchev–Trinajstić information content (AvgIpc) is 2.30. The summed E-state index contributed by atoms with van der Waals surface area (Å²) >= 11 is 0. The molecule has 1 N–H and O–H groups in total. The van der Waals surface area contributed by atoms with Crippen LogP contribution in [0.1, 0.15) is 52.9 Å². The van der Waals surface area contributed by atoms with Crippen LogP contribution in [0, 0.1) is 46.3 Å². The van der Waals surface area contributed by atoms with E-state index in [1.54, 1.807) is 0 Å². The lowest BCUT2D eigenvalue weighted by Crippen LogP contribution is -2.51. The quantitative estimate of drug-likeness (QED) is 0.842. The molecule has 106 valence electrons. The standard InChI is InChI=1S/C17H28N2/c1-17(2,3)16(9-18)19-10-15-13-5-11-4-12(7-13)8-14(15)6-11/h11-16,19H,4-8,10H2,1-3H3. The van der Waals surface area contributed by atoms with Crippen molar-refractivity contribution in [3.8, 4) is 6.07 Å². The molecule has 0 aliphatic heterocycles. The first-order valence-corrected chi connectivity index (χ1v) is 8.10. The summed E-state index contributed by atoms with van der Waals surface area (Å²) in [5.74, 6) is 4.87. The Hall–Kier alpha value is -0.550. The molecular weight excluding hydrogens is 232 g/mol. The minimum Gasteiger partial charge on any atom is -0.301 e. The number of nitriles is 1. The Bertz CT molecular complexity index is 346. The summed E-state index contributed by atoms with van der Waals surface area (Å²) in [6.45, 7) is 7.55. The SMILES string of the molecule is CC(C)(C)C(C#N)NCC1C2CC3CC(C2)CC1C3. The highest BCUT2D eigenvalue weighted by Crippen LogP contribution is 2.56. The molecule has 2 nitrogen and oxygen atoms in total. The largest absolute Gasteiger partial charge is 0.301 e. The first-order chi connectivity index (χ1) is 8.97. The summed E-state index contributed by atoms with van der Waals surface area (Å²) in [6.07, 6.45) is 7.44. The van der Waals surface area contributed by atoms with Gasteiger partial charge in [0.15, 0.2) is 0 Å². The number of hydrogen-bond donors (Lipinski definition) is 1. The molecule has 4 aliphatic rings. The highest BCUT2D eigenvalue weighted by atomic mass is 14.9. The van der Waals surface area contributed by atoms with Crippen LogP contribution in [0.5, 0.6) is 0 Å². The zero-order valence-electron chi connectivity index (χ0n) is 12.7. The molecule has 0 aromatic rings. The first-order valence-electron chi connectivity index (χ1n) is 8.10. The van der Waals surface area contributed by atoms with Crippen LogP contribution >= 0.6 is 0 Å². The van der Waals surface area contributed by atoms with Crippen molar-refractivity contribution >= 4 is 0 Å². The van der Waals surface area contributed by atoms with Gasteiger partial charge in [-0.05, 0) is 73.7 Å². The van der Waals surface area contributed by atoms with Gasteiger partial charge in [-0.3, -0.25) is 0 Å². The maximum Gasteiger partial charge on any atom is 0.100 e. The molecule has 19 heavy (non-hydrogen) atoms. The van der Waals surface area contributed by atoms with Crippen LogP contribution in [0.15, 0.2) is 0 Å². The van der Waals surface area contributed by atoms with Crippen molar-refractivity contribution in [3.63, 3.8) is 0 Å². The van der Waals surface area contributed by atoms with Gasteiger partial charge in [-0.15, -0.1) is 0 Å². The molecule has 1 unspecified atom stereocenters. The predicted octanol–water partition coefficient (Wildman–Crippen LogP) is 3.59. The monoisotopic (exact) mass is 260 g/mol. The van der Waals surface area contributed by atoms with Gasteiger partial charge in [0, 0.05) is 0 Å². The third kappa shape index (κ3) is 2.55. The zero-order valence-corrected chi connectivity index (χ0v) is 12.7. The molecule has 4 aliphatic carbocycles. The van der Waals surface area contributed by atoms with Crippen LogP contribution in [-0.2, 0) is 0 Å². The maximum absolute atomic E-state index is 9.33. The molecule has 0 saturated heterocycles. The minimum absolute atomic E-state index is 0.00955. The molecule has 4 bridgehead atoms. The highest BCUT2D eigenvalue weighted by Gasteiger charge is 2.48. The minimum atomic E-state index is -0.00955. The van der Waals surface area contributed by atoms with E-state index >= 15 is 0 Å². The van der Waals surface area contributed by atoms with Crippen molar-refractivity contribution in [2.45, 2.75) is 58.9 Å². The molecule has 0 heterocycles. The summed E-state index contributed by atoms with van der Waals surface area (Å²) in [7, 11) is 0. The maximum atomic E-state index is 9.33.